The first kappa shape index (κ1) is 17.4. The lowest BCUT2D eigenvalue weighted by atomic mass is 10.2. The molecule has 1 N–H and O–H groups in total. The highest BCUT2D eigenvalue weighted by atomic mass is 35.5. The molecule has 1 heterocycles. The summed E-state index contributed by atoms with van der Waals surface area (Å²) in [6.07, 6.45) is 0. The van der Waals surface area contributed by atoms with Gasteiger partial charge < -0.3 is 10.2 Å². The second kappa shape index (κ2) is 8.08. The summed E-state index contributed by atoms with van der Waals surface area (Å²) >= 11 is 7.32. The molecule has 0 bridgehead atoms. The molecule has 2 amide bonds. The molecule has 0 aliphatic carbocycles. The number of carbonyl (C=O) groups is 2. The van der Waals surface area contributed by atoms with Crippen molar-refractivity contribution in [1.29, 1.82) is 0 Å². The van der Waals surface area contributed by atoms with Crippen LogP contribution in [0.2, 0.25) is 5.02 Å². The molecule has 0 spiro atoms. The van der Waals surface area contributed by atoms with Gasteiger partial charge in [-0.2, -0.15) is 0 Å². The summed E-state index contributed by atoms with van der Waals surface area (Å²) in [5.74, 6) is -0.455. The van der Waals surface area contributed by atoms with Gasteiger partial charge in [0.25, 0.3) is 5.91 Å². The number of nitrogens with zero attached hydrogens (tertiary/aromatic N) is 2. The van der Waals surface area contributed by atoms with Crippen LogP contribution in [0.3, 0.4) is 0 Å². The predicted octanol–water partition coefficient (Wildman–Crippen LogP) is 3.06. The third kappa shape index (κ3) is 4.53. The highest BCUT2D eigenvalue weighted by Crippen LogP contribution is 2.25. The molecular formula is C16H18ClN3O2S. The lowest BCUT2D eigenvalue weighted by molar-refractivity contribution is -0.129. The molecule has 0 saturated carbocycles. The van der Waals surface area contributed by atoms with E-state index in [1.54, 1.807) is 22.4 Å². The quantitative estimate of drug-likeness (QED) is 0.870. The number of benzene rings is 1. The van der Waals surface area contributed by atoms with Crippen molar-refractivity contribution in [2.75, 3.05) is 19.6 Å². The van der Waals surface area contributed by atoms with Crippen LogP contribution in [0.1, 0.15) is 24.3 Å². The van der Waals surface area contributed by atoms with Crippen LogP contribution in [0.25, 0.3) is 10.6 Å². The predicted molar refractivity (Wildman–Crippen MR) is 92.8 cm³/mol. The number of nitrogens with one attached hydrogen (secondary N) is 1. The third-order valence-electron chi connectivity index (χ3n) is 3.32. The number of amides is 2. The Bertz CT molecular complexity index is 698. The van der Waals surface area contributed by atoms with E-state index in [0.717, 1.165) is 5.56 Å². The largest absolute Gasteiger partial charge is 0.342 e. The Balaban J connectivity index is 2.00. The van der Waals surface area contributed by atoms with Crippen LogP contribution < -0.4 is 5.32 Å². The van der Waals surface area contributed by atoms with Gasteiger partial charge >= 0.3 is 0 Å². The fourth-order valence-electron chi connectivity index (χ4n) is 2.07. The third-order valence-corrected chi connectivity index (χ3v) is 4.45. The number of thiazole rings is 1. The maximum Gasteiger partial charge on any atom is 0.271 e. The number of carbonyl (C=O) groups excluding carboxylic acids is 2. The van der Waals surface area contributed by atoms with Crippen molar-refractivity contribution in [2.24, 2.45) is 0 Å². The second-order valence-electron chi connectivity index (χ2n) is 4.80. The molecule has 7 heteroatoms. The van der Waals surface area contributed by atoms with Gasteiger partial charge in [-0.1, -0.05) is 23.7 Å². The maximum atomic E-state index is 12.1. The topological polar surface area (TPSA) is 62.3 Å². The molecule has 1 aromatic carbocycles. The van der Waals surface area contributed by atoms with Crippen LogP contribution in [-0.4, -0.2) is 41.3 Å². The molecular weight excluding hydrogens is 334 g/mol. The molecule has 23 heavy (non-hydrogen) atoms. The van der Waals surface area contributed by atoms with Gasteiger partial charge in [0.2, 0.25) is 5.91 Å². The Kier molecular flexibility index (Phi) is 6.12. The van der Waals surface area contributed by atoms with E-state index in [2.05, 4.69) is 10.3 Å². The normalized spacial score (nSPS) is 10.4. The van der Waals surface area contributed by atoms with Gasteiger partial charge in [-0.3, -0.25) is 9.59 Å². The Morgan fingerprint density at radius 1 is 1.30 bits per heavy atom. The number of hydrogen-bond acceptors (Lipinski definition) is 4. The Morgan fingerprint density at radius 3 is 2.70 bits per heavy atom. The summed E-state index contributed by atoms with van der Waals surface area (Å²) in [4.78, 5) is 30.0. The zero-order valence-corrected chi connectivity index (χ0v) is 14.6. The number of halogens is 1. The Labute approximate surface area is 144 Å². The minimum Gasteiger partial charge on any atom is -0.342 e. The van der Waals surface area contributed by atoms with Crippen molar-refractivity contribution in [1.82, 2.24) is 15.2 Å². The first-order valence-corrected chi connectivity index (χ1v) is 8.58. The number of aromatic nitrogens is 1. The molecule has 0 fully saturated rings. The van der Waals surface area contributed by atoms with E-state index in [4.69, 9.17) is 11.6 Å². The summed E-state index contributed by atoms with van der Waals surface area (Å²) in [6.45, 7) is 5.04. The van der Waals surface area contributed by atoms with Gasteiger partial charge in [0.15, 0.2) is 0 Å². The van der Waals surface area contributed by atoms with Gasteiger partial charge in [-0.15, -0.1) is 11.3 Å². The number of likely N-dealkylation sites (N-methyl/N-ethyl adjacent to an activating group) is 1. The molecule has 5 nitrogen and oxygen atoms in total. The van der Waals surface area contributed by atoms with Gasteiger partial charge in [0.1, 0.15) is 10.7 Å². The molecule has 2 aromatic rings. The first-order valence-electron chi connectivity index (χ1n) is 7.32. The molecule has 1 aromatic heterocycles. The van der Waals surface area contributed by atoms with Crippen LogP contribution in [0.5, 0.6) is 0 Å². The summed E-state index contributed by atoms with van der Waals surface area (Å²) in [6, 6.07) is 7.30. The number of rotatable bonds is 6. The average Bonchev–Trinajstić information content (AvgIpc) is 3.04. The van der Waals surface area contributed by atoms with Crippen molar-refractivity contribution < 1.29 is 9.59 Å². The van der Waals surface area contributed by atoms with Crippen molar-refractivity contribution in [3.8, 4) is 10.6 Å². The van der Waals surface area contributed by atoms with Crippen LogP contribution in [-0.2, 0) is 4.79 Å². The molecule has 2 rings (SSSR count). The monoisotopic (exact) mass is 351 g/mol. The lowest BCUT2D eigenvalue weighted by Crippen LogP contribution is -2.40. The molecule has 0 aliphatic heterocycles. The SMILES string of the molecule is CCN(CC)C(=O)CNC(=O)c1csc(-c2cccc(Cl)c2)n1. The Hall–Kier alpha value is -1.92. The van der Waals surface area contributed by atoms with Gasteiger partial charge in [-0.25, -0.2) is 4.98 Å². The summed E-state index contributed by atoms with van der Waals surface area (Å²) in [5, 5.41) is 5.62. The second-order valence-corrected chi connectivity index (χ2v) is 6.09. The van der Waals surface area contributed by atoms with E-state index >= 15 is 0 Å². The fraction of sp³-hybridized carbons (Fsp3) is 0.312. The van der Waals surface area contributed by atoms with E-state index in [1.807, 2.05) is 26.0 Å². The van der Waals surface area contributed by atoms with E-state index < -0.39 is 0 Å². The van der Waals surface area contributed by atoms with Crippen molar-refractivity contribution in [3.05, 3.63) is 40.4 Å². The van der Waals surface area contributed by atoms with Gasteiger partial charge in [0.05, 0.1) is 6.54 Å². The molecule has 0 unspecified atom stereocenters. The highest BCUT2D eigenvalue weighted by molar-refractivity contribution is 7.13. The molecule has 0 atom stereocenters. The summed E-state index contributed by atoms with van der Waals surface area (Å²) < 4.78 is 0. The fourth-order valence-corrected chi connectivity index (χ4v) is 3.05. The van der Waals surface area contributed by atoms with Crippen LogP contribution in [0, 0.1) is 0 Å². The van der Waals surface area contributed by atoms with Crippen LogP contribution in [0.15, 0.2) is 29.6 Å². The molecule has 0 aliphatic rings. The van der Waals surface area contributed by atoms with E-state index in [9.17, 15) is 9.59 Å². The van der Waals surface area contributed by atoms with E-state index in [0.29, 0.717) is 28.8 Å². The molecule has 0 saturated heterocycles. The lowest BCUT2D eigenvalue weighted by Gasteiger charge is -2.18. The van der Waals surface area contributed by atoms with Gasteiger partial charge in [0, 0.05) is 29.1 Å². The van der Waals surface area contributed by atoms with Crippen molar-refractivity contribution in [2.45, 2.75) is 13.8 Å². The minimum atomic E-state index is -0.352. The maximum absolute atomic E-state index is 12.1. The Morgan fingerprint density at radius 2 is 2.04 bits per heavy atom. The summed E-state index contributed by atoms with van der Waals surface area (Å²) in [5.41, 5.74) is 1.16. The highest BCUT2D eigenvalue weighted by Gasteiger charge is 2.15. The molecule has 0 radical (unpaired) electrons. The molecule has 122 valence electrons. The zero-order chi connectivity index (χ0) is 16.8. The van der Waals surface area contributed by atoms with Crippen molar-refractivity contribution in [3.63, 3.8) is 0 Å². The van der Waals surface area contributed by atoms with Crippen LogP contribution in [0.4, 0.5) is 0 Å². The minimum absolute atomic E-state index is 0.0233. The van der Waals surface area contributed by atoms with Gasteiger partial charge in [-0.05, 0) is 26.0 Å². The number of hydrogen-bond donors (Lipinski definition) is 1. The standard InChI is InChI=1S/C16H18ClN3O2S/c1-3-20(4-2)14(21)9-18-15(22)13-10-23-16(19-13)11-6-5-7-12(17)8-11/h5-8,10H,3-4,9H2,1-2H3,(H,18,22). The van der Waals surface area contributed by atoms with E-state index in [-0.39, 0.29) is 18.4 Å². The van der Waals surface area contributed by atoms with Crippen molar-refractivity contribution >= 4 is 34.8 Å². The smallest absolute Gasteiger partial charge is 0.271 e. The summed E-state index contributed by atoms with van der Waals surface area (Å²) in [7, 11) is 0. The van der Waals surface area contributed by atoms with E-state index in [1.165, 1.54) is 11.3 Å². The van der Waals surface area contributed by atoms with Crippen LogP contribution >= 0.6 is 22.9 Å². The average molecular weight is 352 g/mol. The zero-order valence-electron chi connectivity index (χ0n) is 13.0. The first-order chi connectivity index (χ1) is 11.0.